The van der Waals surface area contributed by atoms with Crippen molar-refractivity contribution >= 4 is 0 Å². The third-order valence-electron chi connectivity index (χ3n) is 4.99. The second-order valence-corrected chi connectivity index (χ2v) is 6.02. The van der Waals surface area contributed by atoms with Crippen LogP contribution in [0.2, 0.25) is 0 Å². The first-order valence-corrected chi connectivity index (χ1v) is 7.20. The molecule has 1 aliphatic carbocycles. The first-order chi connectivity index (χ1) is 7.78. The van der Waals surface area contributed by atoms with E-state index in [4.69, 9.17) is 5.73 Å². The molecule has 0 bridgehead atoms. The molecule has 1 saturated heterocycles. The molecule has 0 spiro atoms. The number of hydrogen-bond acceptors (Lipinski definition) is 2. The maximum Gasteiger partial charge on any atom is 0.000957 e. The third kappa shape index (κ3) is 2.78. The number of likely N-dealkylation sites (tertiary alicyclic amines) is 1. The monoisotopic (exact) mass is 224 g/mol. The molecule has 1 saturated carbocycles. The van der Waals surface area contributed by atoms with Gasteiger partial charge in [0.15, 0.2) is 0 Å². The Kier molecular flexibility index (Phi) is 4.26. The van der Waals surface area contributed by atoms with Crippen LogP contribution in [0.5, 0.6) is 0 Å². The van der Waals surface area contributed by atoms with Crippen LogP contribution in [0.15, 0.2) is 0 Å². The van der Waals surface area contributed by atoms with E-state index in [1.54, 1.807) is 0 Å². The molecule has 1 aliphatic heterocycles. The molecule has 94 valence electrons. The van der Waals surface area contributed by atoms with Crippen molar-refractivity contribution in [1.82, 2.24) is 4.90 Å². The Morgan fingerprint density at radius 1 is 1.31 bits per heavy atom. The molecule has 2 N–H and O–H groups in total. The summed E-state index contributed by atoms with van der Waals surface area (Å²) in [6.07, 6.45) is 9.75. The van der Waals surface area contributed by atoms with Gasteiger partial charge in [0.25, 0.3) is 0 Å². The Morgan fingerprint density at radius 2 is 2.12 bits per heavy atom. The van der Waals surface area contributed by atoms with E-state index in [1.807, 2.05) is 0 Å². The largest absolute Gasteiger partial charge is 0.330 e. The van der Waals surface area contributed by atoms with Gasteiger partial charge in [-0.2, -0.15) is 0 Å². The molecule has 1 unspecified atom stereocenters. The summed E-state index contributed by atoms with van der Waals surface area (Å²) in [5, 5.41) is 0. The van der Waals surface area contributed by atoms with Gasteiger partial charge in [-0.1, -0.05) is 19.8 Å². The summed E-state index contributed by atoms with van der Waals surface area (Å²) >= 11 is 0. The second-order valence-electron chi connectivity index (χ2n) is 6.02. The zero-order valence-electron chi connectivity index (χ0n) is 10.9. The molecular weight excluding hydrogens is 196 g/mol. The molecule has 2 fully saturated rings. The fraction of sp³-hybridized carbons (Fsp3) is 1.00. The minimum Gasteiger partial charge on any atom is -0.330 e. The Hall–Kier alpha value is -0.0800. The summed E-state index contributed by atoms with van der Waals surface area (Å²) in [6, 6.07) is 0. The van der Waals surface area contributed by atoms with E-state index in [0.717, 1.165) is 12.5 Å². The van der Waals surface area contributed by atoms with Gasteiger partial charge in [-0.15, -0.1) is 0 Å². The molecule has 2 aliphatic rings. The maximum absolute atomic E-state index is 5.92. The first kappa shape index (κ1) is 12.4. The van der Waals surface area contributed by atoms with Gasteiger partial charge in [-0.05, 0) is 63.1 Å². The van der Waals surface area contributed by atoms with Gasteiger partial charge >= 0.3 is 0 Å². The maximum atomic E-state index is 5.92. The highest BCUT2D eigenvalue weighted by Gasteiger charge is 2.35. The van der Waals surface area contributed by atoms with Gasteiger partial charge in [-0.25, -0.2) is 0 Å². The van der Waals surface area contributed by atoms with Crippen LogP contribution in [0.3, 0.4) is 0 Å². The van der Waals surface area contributed by atoms with Crippen LogP contribution in [0.25, 0.3) is 0 Å². The topological polar surface area (TPSA) is 29.3 Å². The van der Waals surface area contributed by atoms with Crippen LogP contribution < -0.4 is 5.73 Å². The van der Waals surface area contributed by atoms with Gasteiger partial charge in [-0.3, -0.25) is 0 Å². The summed E-state index contributed by atoms with van der Waals surface area (Å²) in [6.45, 7) is 7.22. The van der Waals surface area contributed by atoms with Crippen LogP contribution in [-0.2, 0) is 0 Å². The van der Waals surface area contributed by atoms with Crippen LogP contribution in [0.1, 0.15) is 51.9 Å². The minimum absolute atomic E-state index is 0.541. The molecule has 2 rings (SSSR count). The van der Waals surface area contributed by atoms with E-state index in [0.29, 0.717) is 5.41 Å². The standard InChI is InChI=1S/C14H28N2/c1-2-13-5-3-9-16(11-13)10-8-14(12-15)6-4-7-14/h13H,2-12,15H2,1H3. The lowest BCUT2D eigenvalue weighted by atomic mass is 9.66. The number of nitrogens with zero attached hydrogens (tertiary/aromatic N) is 1. The summed E-state index contributed by atoms with van der Waals surface area (Å²) in [5.74, 6) is 0.962. The Morgan fingerprint density at radius 3 is 2.69 bits per heavy atom. The Balaban J connectivity index is 1.72. The Labute approximate surface area is 101 Å². The van der Waals surface area contributed by atoms with Gasteiger partial charge < -0.3 is 10.6 Å². The number of hydrogen-bond donors (Lipinski definition) is 1. The smallest absolute Gasteiger partial charge is 0.000957 e. The number of nitrogens with two attached hydrogens (primary N) is 1. The fourth-order valence-corrected chi connectivity index (χ4v) is 3.32. The summed E-state index contributed by atoms with van der Waals surface area (Å²) < 4.78 is 0. The van der Waals surface area contributed by atoms with Crippen molar-refractivity contribution in [2.75, 3.05) is 26.2 Å². The molecule has 16 heavy (non-hydrogen) atoms. The molecular formula is C14H28N2. The van der Waals surface area contributed by atoms with E-state index >= 15 is 0 Å². The minimum atomic E-state index is 0.541. The average Bonchev–Trinajstić information content (AvgIpc) is 2.29. The van der Waals surface area contributed by atoms with Crippen molar-refractivity contribution in [2.24, 2.45) is 17.1 Å². The van der Waals surface area contributed by atoms with E-state index in [-0.39, 0.29) is 0 Å². The fourth-order valence-electron chi connectivity index (χ4n) is 3.32. The molecule has 0 radical (unpaired) electrons. The molecule has 0 aromatic carbocycles. The van der Waals surface area contributed by atoms with Crippen molar-refractivity contribution in [3.63, 3.8) is 0 Å². The van der Waals surface area contributed by atoms with E-state index in [1.165, 1.54) is 64.6 Å². The van der Waals surface area contributed by atoms with Crippen LogP contribution >= 0.6 is 0 Å². The van der Waals surface area contributed by atoms with Gasteiger partial charge in [0.2, 0.25) is 0 Å². The zero-order valence-corrected chi connectivity index (χ0v) is 10.9. The highest BCUT2D eigenvalue weighted by atomic mass is 15.1. The van der Waals surface area contributed by atoms with Crippen molar-refractivity contribution in [3.05, 3.63) is 0 Å². The molecule has 0 aromatic heterocycles. The molecule has 0 amide bonds. The van der Waals surface area contributed by atoms with Crippen molar-refractivity contribution in [2.45, 2.75) is 51.9 Å². The van der Waals surface area contributed by atoms with E-state index in [9.17, 15) is 0 Å². The summed E-state index contributed by atoms with van der Waals surface area (Å²) in [4.78, 5) is 2.69. The van der Waals surface area contributed by atoms with Gasteiger partial charge in [0.05, 0.1) is 0 Å². The highest BCUT2D eigenvalue weighted by Crippen LogP contribution is 2.43. The lowest BCUT2D eigenvalue weighted by molar-refractivity contribution is 0.0888. The van der Waals surface area contributed by atoms with Crippen LogP contribution in [-0.4, -0.2) is 31.1 Å². The number of piperidine rings is 1. The number of rotatable bonds is 5. The van der Waals surface area contributed by atoms with Crippen molar-refractivity contribution in [1.29, 1.82) is 0 Å². The predicted octanol–water partition coefficient (Wildman–Crippen LogP) is 2.63. The molecule has 2 nitrogen and oxygen atoms in total. The molecule has 2 heteroatoms. The Bertz CT molecular complexity index is 205. The van der Waals surface area contributed by atoms with Crippen LogP contribution in [0.4, 0.5) is 0 Å². The van der Waals surface area contributed by atoms with Crippen LogP contribution in [0, 0.1) is 11.3 Å². The lowest BCUT2D eigenvalue weighted by Crippen LogP contribution is -2.42. The SMILES string of the molecule is CCC1CCCN(CCC2(CN)CCC2)C1. The van der Waals surface area contributed by atoms with Gasteiger partial charge in [0, 0.05) is 6.54 Å². The van der Waals surface area contributed by atoms with Crippen molar-refractivity contribution < 1.29 is 0 Å². The second kappa shape index (κ2) is 5.50. The third-order valence-corrected chi connectivity index (χ3v) is 4.99. The molecule has 1 heterocycles. The zero-order chi connectivity index (χ0) is 11.4. The predicted molar refractivity (Wildman–Crippen MR) is 69.4 cm³/mol. The molecule has 0 aromatic rings. The summed E-state index contributed by atoms with van der Waals surface area (Å²) in [7, 11) is 0. The van der Waals surface area contributed by atoms with Gasteiger partial charge in [0.1, 0.15) is 0 Å². The van der Waals surface area contributed by atoms with E-state index in [2.05, 4.69) is 11.8 Å². The quantitative estimate of drug-likeness (QED) is 0.778. The average molecular weight is 224 g/mol. The highest BCUT2D eigenvalue weighted by molar-refractivity contribution is 4.89. The lowest BCUT2D eigenvalue weighted by Gasteiger charge is -2.43. The normalized spacial score (nSPS) is 30.0. The summed E-state index contributed by atoms with van der Waals surface area (Å²) in [5.41, 5.74) is 6.46. The van der Waals surface area contributed by atoms with Crippen molar-refractivity contribution in [3.8, 4) is 0 Å². The molecule has 1 atom stereocenters. The first-order valence-electron chi connectivity index (χ1n) is 7.20. The van der Waals surface area contributed by atoms with E-state index < -0.39 is 0 Å².